The monoisotopic (exact) mass is 597 g/mol. The van der Waals surface area contributed by atoms with E-state index in [1.807, 2.05) is 44.2 Å². The number of hydrogen-bond acceptors (Lipinski definition) is 5. The maximum absolute atomic E-state index is 14.8. The maximum Gasteiger partial charge on any atom is 0.243 e. The van der Waals surface area contributed by atoms with Gasteiger partial charge >= 0.3 is 0 Å². The molecule has 0 radical (unpaired) electrons. The number of halogens is 1. The summed E-state index contributed by atoms with van der Waals surface area (Å²) in [5, 5.41) is 2.94. The molecule has 3 aromatic carbocycles. The van der Waals surface area contributed by atoms with Crippen LogP contribution in [0.5, 0.6) is 5.75 Å². The molecule has 226 valence electrons. The molecule has 10 heteroatoms. The molecule has 0 saturated heterocycles. The zero-order chi connectivity index (χ0) is 30.7. The van der Waals surface area contributed by atoms with Gasteiger partial charge < -0.3 is 15.0 Å². The molecule has 0 unspecified atom stereocenters. The van der Waals surface area contributed by atoms with Gasteiger partial charge in [0.2, 0.25) is 21.8 Å². The molecule has 0 aliphatic carbocycles. The van der Waals surface area contributed by atoms with E-state index in [1.54, 1.807) is 42.5 Å². The van der Waals surface area contributed by atoms with Crippen molar-refractivity contribution in [2.45, 2.75) is 45.7 Å². The first-order valence-electron chi connectivity index (χ1n) is 14.0. The number of methoxy groups -OCH3 is 1. The summed E-state index contributed by atoms with van der Waals surface area (Å²) in [6, 6.07) is 21.4. The van der Waals surface area contributed by atoms with Crippen molar-refractivity contribution >= 4 is 27.5 Å². The number of para-hydroxylation sites is 2. The zero-order valence-corrected chi connectivity index (χ0v) is 25.4. The van der Waals surface area contributed by atoms with Crippen LogP contribution in [-0.4, -0.2) is 57.6 Å². The van der Waals surface area contributed by atoms with Gasteiger partial charge in [0.1, 0.15) is 17.6 Å². The van der Waals surface area contributed by atoms with Crippen molar-refractivity contribution in [3.8, 4) is 5.75 Å². The molecule has 0 saturated carbocycles. The molecule has 0 aliphatic rings. The fraction of sp³-hybridized carbons (Fsp3) is 0.375. The van der Waals surface area contributed by atoms with E-state index in [0.717, 1.165) is 11.8 Å². The topological polar surface area (TPSA) is 96.0 Å². The Balaban J connectivity index is 1.90. The second kappa shape index (κ2) is 15.3. The number of hydrogen-bond donors (Lipinski definition) is 1. The lowest BCUT2D eigenvalue weighted by molar-refractivity contribution is -0.141. The average Bonchev–Trinajstić information content (AvgIpc) is 2.96. The molecule has 0 bridgehead atoms. The number of amides is 2. The predicted molar refractivity (Wildman–Crippen MR) is 163 cm³/mol. The molecule has 3 rings (SSSR count). The van der Waals surface area contributed by atoms with Crippen LogP contribution < -0.4 is 14.4 Å². The van der Waals surface area contributed by atoms with Gasteiger partial charge in [0, 0.05) is 38.0 Å². The number of rotatable bonds is 15. The molecule has 1 atom stereocenters. The Kier molecular flexibility index (Phi) is 11.9. The van der Waals surface area contributed by atoms with Crippen molar-refractivity contribution in [3.05, 3.63) is 95.8 Å². The van der Waals surface area contributed by atoms with E-state index in [0.29, 0.717) is 18.0 Å². The highest BCUT2D eigenvalue weighted by Gasteiger charge is 2.31. The number of benzene rings is 3. The summed E-state index contributed by atoms with van der Waals surface area (Å²) in [6.07, 6.45) is 1.45. The first-order valence-corrected chi connectivity index (χ1v) is 15.8. The molecule has 2 amide bonds. The van der Waals surface area contributed by atoms with Crippen molar-refractivity contribution in [3.63, 3.8) is 0 Å². The normalized spacial score (nSPS) is 12.0. The van der Waals surface area contributed by atoms with E-state index in [4.69, 9.17) is 4.74 Å². The number of nitrogens with zero attached hydrogens (tertiary/aromatic N) is 2. The van der Waals surface area contributed by atoms with Crippen LogP contribution in [0.3, 0.4) is 0 Å². The van der Waals surface area contributed by atoms with E-state index in [9.17, 15) is 22.4 Å². The first kappa shape index (κ1) is 32.6. The fourth-order valence-corrected chi connectivity index (χ4v) is 5.57. The third-order valence-corrected chi connectivity index (χ3v) is 7.94. The summed E-state index contributed by atoms with van der Waals surface area (Å²) in [7, 11) is -2.24. The first-order chi connectivity index (χ1) is 20.0. The van der Waals surface area contributed by atoms with Crippen molar-refractivity contribution in [2.24, 2.45) is 5.92 Å². The minimum Gasteiger partial charge on any atom is -0.495 e. The zero-order valence-electron chi connectivity index (χ0n) is 24.6. The predicted octanol–water partition coefficient (Wildman–Crippen LogP) is 4.79. The van der Waals surface area contributed by atoms with E-state index in [-0.39, 0.29) is 55.6 Å². The van der Waals surface area contributed by atoms with Crippen molar-refractivity contribution < 1.29 is 27.1 Å². The van der Waals surface area contributed by atoms with Crippen LogP contribution in [0.15, 0.2) is 78.9 Å². The lowest BCUT2D eigenvalue weighted by atomic mass is 10.0. The number of sulfonamides is 1. The molecular formula is C32H40FN3O5S. The van der Waals surface area contributed by atoms with Crippen molar-refractivity contribution in [1.29, 1.82) is 0 Å². The van der Waals surface area contributed by atoms with Gasteiger partial charge in [-0.05, 0) is 36.1 Å². The van der Waals surface area contributed by atoms with Gasteiger partial charge in [0.15, 0.2) is 0 Å². The highest BCUT2D eigenvalue weighted by Crippen LogP contribution is 2.30. The summed E-state index contributed by atoms with van der Waals surface area (Å²) in [4.78, 5) is 28.8. The quantitative estimate of drug-likeness (QED) is 0.272. The van der Waals surface area contributed by atoms with Crippen LogP contribution in [0.4, 0.5) is 10.1 Å². The highest BCUT2D eigenvalue weighted by molar-refractivity contribution is 7.92. The van der Waals surface area contributed by atoms with Gasteiger partial charge in [0.05, 0.1) is 19.1 Å². The lowest BCUT2D eigenvalue weighted by Crippen LogP contribution is -2.51. The van der Waals surface area contributed by atoms with Gasteiger partial charge in [-0.15, -0.1) is 0 Å². The Labute approximate surface area is 248 Å². The lowest BCUT2D eigenvalue weighted by Gasteiger charge is -2.32. The third-order valence-electron chi connectivity index (χ3n) is 6.76. The van der Waals surface area contributed by atoms with E-state index in [2.05, 4.69) is 5.32 Å². The Morgan fingerprint density at radius 2 is 1.60 bits per heavy atom. The van der Waals surface area contributed by atoms with Gasteiger partial charge in [-0.25, -0.2) is 12.8 Å². The standard InChI is InChI=1S/C32H40FN3O5S/c1-24(2)22-34-32(38)29(21-25-13-6-5-7-14-25)35(23-26-15-8-9-16-27(26)33)31(37)19-12-20-36(42(4,39)40)28-17-10-11-18-30(28)41-3/h5-11,13-18,24,29H,12,19-23H2,1-4H3,(H,34,38)/t29-/m0/s1. The SMILES string of the molecule is COc1ccccc1N(CCCC(=O)N(Cc1ccccc1F)[C@@H](Cc1ccccc1)C(=O)NCC(C)C)S(C)(=O)=O. The highest BCUT2D eigenvalue weighted by atomic mass is 32.2. The Hall–Kier alpha value is -3.92. The molecule has 0 fully saturated rings. The van der Waals surface area contributed by atoms with Crippen LogP contribution in [-0.2, 0) is 32.6 Å². The summed E-state index contributed by atoms with van der Waals surface area (Å²) in [6.45, 7) is 4.28. The number of anilines is 1. The van der Waals surface area contributed by atoms with Gasteiger partial charge in [0.25, 0.3) is 0 Å². The average molecular weight is 598 g/mol. The second-order valence-corrected chi connectivity index (χ2v) is 12.5. The molecule has 0 aliphatic heterocycles. The minimum absolute atomic E-state index is 0.0153. The third kappa shape index (κ3) is 9.30. The molecule has 0 aromatic heterocycles. The molecule has 8 nitrogen and oxygen atoms in total. The Morgan fingerprint density at radius 1 is 0.952 bits per heavy atom. The van der Waals surface area contributed by atoms with Crippen LogP contribution >= 0.6 is 0 Å². The largest absolute Gasteiger partial charge is 0.495 e. The number of nitrogens with one attached hydrogen (secondary N) is 1. The van der Waals surface area contributed by atoms with Crippen LogP contribution in [0.2, 0.25) is 0 Å². The smallest absolute Gasteiger partial charge is 0.243 e. The maximum atomic E-state index is 14.8. The van der Waals surface area contributed by atoms with Crippen LogP contribution in [0.1, 0.15) is 37.8 Å². The number of ether oxygens (including phenoxy) is 1. The number of carbonyl (C=O) groups is 2. The van der Waals surface area contributed by atoms with Crippen LogP contribution in [0.25, 0.3) is 0 Å². The Bertz CT molecular complexity index is 1430. The van der Waals surface area contributed by atoms with Crippen molar-refractivity contribution in [2.75, 3.05) is 30.8 Å². The molecular weight excluding hydrogens is 557 g/mol. The summed E-state index contributed by atoms with van der Waals surface area (Å²) in [5.41, 5.74) is 1.51. The Morgan fingerprint density at radius 3 is 2.24 bits per heavy atom. The number of carbonyl (C=O) groups excluding carboxylic acids is 2. The van der Waals surface area contributed by atoms with E-state index >= 15 is 0 Å². The fourth-order valence-electron chi connectivity index (χ4n) is 4.60. The van der Waals surface area contributed by atoms with Gasteiger partial charge in [-0.1, -0.05) is 74.5 Å². The molecule has 1 N–H and O–H groups in total. The van der Waals surface area contributed by atoms with Crippen LogP contribution in [0, 0.1) is 11.7 Å². The summed E-state index contributed by atoms with van der Waals surface area (Å²) < 4.78 is 46.7. The minimum atomic E-state index is -3.69. The van der Waals surface area contributed by atoms with Crippen molar-refractivity contribution in [1.82, 2.24) is 10.2 Å². The molecule has 3 aromatic rings. The summed E-state index contributed by atoms with van der Waals surface area (Å²) >= 11 is 0. The second-order valence-electron chi connectivity index (χ2n) is 10.6. The molecule has 0 heterocycles. The van der Waals surface area contributed by atoms with E-state index in [1.165, 1.54) is 22.4 Å². The van der Waals surface area contributed by atoms with E-state index < -0.39 is 21.9 Å². The van der Waals surface area contributed by atoms with Gasteiger partial charge in [-0.2, -0.15) is 0 Å². The summed E-state index contributed by atoms with van der Waals surface area (Å²) in [5.74, 6) is -0.605. The molecule has 42 heavy (non-hydrogen) atoms. The van der Waals surface area contributed by atoms with Gasteiger partial charge in [-0.3, -0.25) is 13.9 Å². The molecule has 0 spiro atoms.